The van der Waals surface area contributed by atoms with E-state index in [9.17, 15) is 4.79 Å². The van der Waals surface area contributed by atoms with E-state index in [1.807, 2.05) is 49.4 Å². The average Bonchev–Trinajstić information content (AvgIpc) is 3.18. The Balaban J connectivity index is 1.73. The van der Waals surface area contributed by atoms with Gasteiger partial charge in [0, 0.05) is 39.0 Å². The summed E-state index contributed by atoms with van der Waals surface area (Å²) in [5.74, 6) is 0.513. The van der Waals surface area contributed by atoms with E-state index >= 15 is 0 Å². The Labute approximate surface area is 181 Å². The zero-order valence-corrected chi connectivity index (χ0v) is 18.1. The smallest absolute Gasteiger partial charge is 0.255 e. The molecule has 1 heterocycles. The number of carbonyl (C=O) groups is 1. The van der Waals surface area contributed by atoms with Crippen molar-refractivity contribution in [2.24, 2.45) is 5.73 Å². The fourth-order valence-electron chi connectivity index (χ4n) is 3.20. The summed E-state index contributed by atoms with van der Waals surface area (Å²) in [5.41, 5.74) is 11.1. The molecule has 0 aliphatic heterocycles. The van der Waals surface area contributed by atoms with Gasteiger partial charge >= 0.3 is 0 Å². The van der Waals surface area contributed by atoms with Crippen LogP contribution in [0.4, 0.5) is 5.69 Å². The molecule has 154 valence electrons. The molecule has 0 aliphatic carbocycles. The molecular weight excluding hydrogens is 392 g/mol. The lowest BCUT2D eigenvalue weighted by Gasteiger charge is -2.11. The van der Waals surface area contributed by atoms with E-state index < -0.39 is 0 Å². The zero-order valence-electron chi connectivity index (χ0n) is 17.3. The van der Waals surface area contributed by atoms with E-state index in [4.69, 9.17) is 10.5 Å². The van der Waals surface area contributed by atoms with Gasteiger partial charge in [0.05, 0.1) is 0 Å². The number of carbonyl (C=O) groups excluding carboxylic acids is 1. The fourth-order valence-corrected chi connectivity index (χ4v) is 4.44. The largest absolute Gasteiger partial charge is 0.489 e. The second-order valence-electron chi connectivity index (χ2n) is 6.79. The number of rotatable bonds is 8. The maximum absolute atomic E-state index is 12.4. The Morgan fingerprint density at radius 3 is 2.63 bits per heavy atom. The summed E-state index contributed by atoms with van der Waals surface area (Å²) in [6.07, 6.45) is 3.04. The van der Waals surface area contributed by atoms with Gasteiger partial charge in [-0.2, -0.15) is 0 Å². The molecule has 3 aromatic rings. The first kappa shape index (κ1) is 21.4. The monoisotopic (exact) mass is 418 g/mol. The van der Waals surface area contributed by atoms with Gasteiger partial charge in [0.1, 0.15) is 12.4 Å². The molecule has 0 radical (unpaired) electrons. The molecule has 5 heteroatoms. The van der Waals surface area contributed by atoms with Crippen molar-refractivity contribution in [3.05, 3.63) is 94.2 Å². The van der Waals surface area contributed by atoms with Crippen molar-refractivity contribution in [3.63, 3.8) is 0 Å². The van der Waals surface area contributed by atoms with E-state index in [0.29, 0.717) is 29.3 Å². The Bertz CT molecular complexity index is 1070. The quantitative estimate of drug-likeness (QED) is 0.450. The number of hydrogen-bond donors (Lipinski definition) is 2. The molecule has 0 aliphatic rings. The topological polar surface area (TPSA) is 64.3 Å². The van der Waals surface area contributed by atoms with E-state index in [2.05, 4.69) is 30.3 Å². The number of nitrogens with two attached hydrogens (primary N) is 1. The molecule has 30 heavy (non-hydrogen) atoms. The van der Waals surface area contributed by atoms with Crippen molar-refractivity contribution in [3.8, 4) is 5.75 Å². The highest BCUT2D eigenvalue weighted by molar-refractivity contribution is 7.11. The van der Waals surface area contributed by atoms with Crippen LogP contribution in [0.3, 0.4) is 0 Å². The van der Waals surface area contributed by atoms with Gasteiger partial charge in [-0.15, -0.1) is 11.3 Å². The van der Waals surface area contributed by atoms with Crippen molar-refractivity contribution < 1.29 is 9.53 Å². The van der Waals surface area contributed by atoms with Crippen molar-refractivity contribution in [2.45, 2.75) is 26.9 Å². The summed E-state index contributed by atoms with van der Waals surface area (Å²) in [7, 11) is 0. The molecule has 0 saturated heterocycles. The minimum atomic E-state index is -0.157. The molecule has 1 aromatic heterocycles. The van der Waals surface area contributed by atoms with Gasteiger partial charge in [-0.05, 0) is 48.6 Å². The summed E-state index contributed by atoms with van der Waals surface area (Å²) in [6, 6.07) is 16.5. The Kier molecular flexibility index (Phi) is 7.09. The molecule has 0 spiro atoms. The number of hydrogen-bond acceptors (Lipinski definition) is 4. The predicted molar refractivity (Wildman–Crippen MR) is 127 cm³/mol. The molecule has 3 rings (SSSR count). The SMILES string of the molecule is C=C(N)c1c(COc2cccc(NC(=O)c3ccccc3)c2)csc1/C(=C\C)CC. The lowest BCUT2D eigenvalue weighted by molar-refractivity contribution is 0.102. The van der Waals surface area contributed by atoms with Crippen LogP contribution in [0.15, 0.2) is 72.6 Å². The average molecular weight is 419 g/mol. The van der Waals surface area contributed by atoms with Gasteiger partial charge in [0.2, 0.25) is 0 Å². The summed E-state index contributed by atoms with van der Waals surface area (Å²) >= 11 is 1.66. The van der Waals surface area contributed by atoms with E-state index in [1.54, 1.807) is 23.5 Å². The molecule has 0 bridgehead atoms. The molecule has 1 amide bonds. The highest BCUT2D eigenvalue weighted by Gasteiger charge is 2.16. The third-order valence-corrected chi connectivity index (χ3v) is 5.84. The molecule has 3 N–H and O–H groups in total. The standard InChI is InChI=1S/C25H26N2O2S/c1-4-18(5-2)24-23(17(3)26)20(16-30-24)15-29-22-13-9-12-21(14-22)27-25(28)19-10-7-6-8-11-19/h4,6-14,16H,3,5,15,26H2,1-2H3,(H,27,28)/b18-4-. The first-order chi connectivity index (χ1) is 14.5. The van der Waals surface area contributed by atoms with Gasteiger partial charge in [-0.3, -0.25) is 4.79 Å². The molecule has 4 nitrogen and oxygen atoms in total. The third-order valence-electron chi connectivity index (χ3n) is 4.73. The zero-order chi connectivity index (χ0) is 21.5. The number of benzene rings is 2. The van der Waals surface area contributed by atoms with Crippen molar-refractivity contribution in [2.75, 3.05) is 5.32 Å². The van der Waals surface area contributed by atoms with Crippen molar-refractivity contribution in [1.29, 1.82) is 0 Å². The summed E-state index contributed by atoms with van der Waals surface area (Å²) < 4.78 is 6.01. The summed E-state index contributed by atoms with van der Waals surface area (Å²) in [5, 5.41) is 4.97. The number of ether oxygens (including phenoxy) is 1. The van der Waals surface area contributed by atoms with Gasteiger partial charge < -0.3 is 15.8 Å². The maximum Gasteiger partial charge on any atom is 0.255 e. The van der Waals surface area contributed by atoms with Crippen LogP contribution in [0.2, 0.25) is 0 Å². The van der Waals surface area contributed by atoms with Crippen LogP contribution in [0.5, 0.6) is 5.75 Å². The van der Waals surface area contributed by atoms with Crippen LogP contribution in [-0.4, -0.2) is 5.91 Å². The number of allylic oxidation sites excluding steroid dienone is 2. The Morgan fingerprint density at radius 1 is 1.20 bits per heavy atom. The molecule has 0 unspecified atom stereocenters. The Hall–Kier alpha value is -3.31. The highest BCUT2D eigenvalue weighted by Crippen LogP contribution is 2.34. The number of amides is 1. The first-order valence-corrected chi connectivity index (χ1v) is 10.7. The first-order valence-electron chi connectivity index (χ1n) is 9.83. The predicted octanol–water partition coefficient (Wildman–Crippen LogP) is 6.32. The second-order valence-corrected chi connectivity index (χ2v) is 7.67. The lowest BCUT2D eigenvalue weighted by atomic mass is 10.0. The number of nitrogens with one attached hydrogen (secondary N) is 1. The number of anilines is 1. The van der Waals surface area contributed by atoms with Crippen LogP contribution in [0.25, 0.3) is 11.3 Å². The normalized spacial score (nSPS) is 11.2. The van der Waals surface area contributed by atoms with Crippen LogP contribution in [-0.2, 0) is 6.61 Å². The molecule has 0 atom stereocenters. The van der Waals surface area contributed by atoms with Gasteiger partial charge in [0.25, 0.3) is 5.91 Å². The molecule has 2 aromatic carbocycles. The molecule has 0 saturated carbocycles. The lowest BCUT2D eigenvalue weighted by Crippen LogP contribution is -2.11. The van der Waals surface area contributed by atoms with E-state index in [1.165, 1.54) is 5.57 Å². The van der Waals surface area contributed by atoms with Gasteiger partial charge in [0.15, 0.2) is 0 Å². The highest BCUT2D eigenvalue weighted by atomic mass is 32.1. The summed E-state index contributed by atoms with van der Waals surface area (Å²) in [4.78, 5) is 13.5. The van der Waals surface area contributed by atoms with Crippen LogP contribution in [0, 0.1) is 0 Å². The minimum absolute atomic E-state index is 0.157. The van der Waals surface area contributed by atoms with Crippen LogP contribution >= 0.6 is 11.3 Å². The molecule has 0 fully saturated rings. The number of thiophene rings is 1. The third kappa shape index (κ3) is 4.99. The summed E-state index contributed by atoms with van der Waals surface area (Å²) in [6.45, 7) is 8.49. The van der Waals surface area contributed by atoms with E-state index in [0.717, 1.165) is 22.4 Å². The van der Waals surface area contributed by atoms with E-state index in [-0.39, 0.29) is 5.91 Å². The second kappa shape index (κ2) is 9.94. The van der Waals surface area contributed by atoms with Crippen molar-refractivity contribution >= 4 is 34.2 Å². The minimum Gasteiger partial charge on any atom is -0.489 e. The van der Waals surface area contributed by atoms with Crippen molar-refractivity contribution in [1.82, 2.24) is 0 Å². The van der Waals surface area contributed by atoms with Gasteiger partial charge in [-0.25, -0.2) is 0 Å². The van der Waals surface area contributed by atoms with Crippen LogP contribution in [0.1, 0.15) is 46.6 Å². The maximum atomic E-state index is 12.4. The molecular formula is C25H26N2O2S. The van der Waals surface area contributed by atoms with Crippen LogP contribution < -0.4 is 15.8 Å². The fraction of sp³-hybridized carbons (Fsp3) is 0.160. The Morgan fingerprint density at radius 2 is 1.97 bits per heavy atom. The van der Waals surface area contributed by atoms with Gasteiger partial charge in [-0.1, -0.05) is 43.8 Å².